The van der Waals surface area contributed by atoms with Gasteiger partial charge in [-0.3, -0.25) is 0 Å². The van der Waals surface area contributed by atoms with Crippen LogP contribution in [-0.4, -0.2) is 23.0 Å². The molecule has 0 saturated carbocycles. The third-order valence-corrected chi connectivity index (χ3v) is 12.6. The lowest BCUT2D eigenvalue weighted by Crippen LogP contribution is -2.21. The number of fused-ring (bicyclic) bond motifs is 2. The van der Waals surface area contributed by atoms with Crippen LogP contribution >= 0.6 is 0 Å². The molecule has 6 heteroatoms. The van der Waals surface area contributed by atoms with Crippen LogP contribution in [-0.2, 0) is 4.74 Å². The number of aliphatic imine (C=N–C) groups is 1. The average Bonchev–Trinajstić information content (AvgIpc) is 4.05. The molecule has 0 saturated heterocycles. The van der Waals surface area contributed by atoms with E-state index in [2.05, 4.69) is 222 Å². The largest absolute Gasteiger partial charge is 0.467 e. The van der Waals surface area contributed by atoms with Crippen molar-refractivity contribution in [2.24, 2.45) is 4.99 Å². The van der Waals surface area contributed by atoms with Crippen molar-refractivity contribution in [2.45, 2.75) is 12.1 Å². The number of para-hydroxylation sites is 2. The van der Waals surface area contributed by atoms with Crippen molar-refractivity contribution in [3.8, 4) is 33.7 Å². The fraction of sp³-hybridized carbons (Fsp3) is 0.0323. The van der Waals surface area contributed by atoms with Crippen molar-refractivity contribution in [2.75, 3.05) is 9.80 Å². The Labute approximate surface area is 395 Å². The van der Waals surface area contributed by atoms with Crippen LogP contribution in [0.25, 0.3) is 50.4 Å². The summed E-state index contributed by atoms with van der Waals surface area (Å²) in [6.07, 6.45) is 6.36. The lowest BCUT2D eigenvalue weighted by Gasteiger charge is -2.26. The summed E-state index contributed by atoms with van der Waals surface area (Å²) >= 11 is 0. The first-order valence-electron chi connectivity index (χ1n) is 22.9. The van der Waals surface area contributed by atoms with Crippen LogP contribution in [0, 0.1) is 0 Å². The van der Waals surface area contributed by atoms with Crippen molar-refractivity contribution in [1.29, 1.82) is 0 Å². The third-order valence-electron chi connectivity index (χ3n) is 12.6. The lowest BCUT2D eigenvalue weighted by molar-refractivity contribution is 0.256. The lowest BCUT2D eigenvalue weighted by atomic mass is 9.96. The first-order chi connectivity index (χ1) is 33.7. The number of rotatable bonds is 11. The van der Waals surface area contributed by atoms with E-state index in [4.69, 9.17) is 19.1 Å². The van der Waals surface area contributed by atoms with E-state index in [1.165, 1.54) is 5.56 Å². The minimum absolute atomic E-state index is 0.0309. The fourth-order valence-electron chi connectivity index (χ4n) is 9.15. The molecule has 12 rings (SSSR count). The highest BCUT2D eigenvalue weighted by atomic mass is 16.5. The monoisotopic (exact) mass is 876 g/mol. The zero-order valence-corrected chi connectivity index (χ0v) is 37.0. The van der Waals surface area contributed by atoms with Gasteiger partial charge in [-0.05, 0) is 149 Å². The van der Waals surface area contributed by atoms with Gasteiger partial charge in [0.2, 0.25) is 11.8 Å². The Morgan fingerprint density at radius 2 is 0.809 bits per heavy atom. The Bertz CT molecular complexity index is 3440. The summed E-state index contributed by atoms with van der Waals surface area (Å²) in [7, 11) is 0. The van der Waals surface area contributed by atoms with Crippen molar-refractivity contribution >= 4 is 56.7 Å². The molecule has 0 spiro atoms. The zero-order chi connectivity index (χ0) is 45.2. The Hall–Kier alpha value is -9.00. The summed E-state index contributed by atoms with van der Waals surface area (Å²) in [5.41, 5.74) is 16.6. The van der Waals surface area contributed by atoms with E-state index in [0.717, 1.165) is 84.2 Å². The molecule has 2 unspecified atom stereocenters. The topological polar surface area (TPSA) is 54.1 Å². The highest BCUT2D eigenvalue weighted by Crippen LogP contribution is 2.40. The van der Waals surface area contributed by atoms with Gasteiger partial charge in [0.1, 0.15) is 17.7 Å². The van der Waals surface area contributed by atoms with Gasteiger partial charge in [-0.1, -0.05) is 140 Å². The Morgan fingerprint density at radius 1 is 0.382 bits per heavy atom. The van der Waals surface area contributed by atoms with Crippen LogP contribution in [0.4, 0.5) is 34.1 Å². The second-order valence-electron chi connectivity index (χ2n) is 17.0. The molecule has 0 radical (unpaired) electrons. The highest BCUT2D eigenvalue weighted by molar-refractivity contribution is 5.97. The Kier molecular flexibility index (Phi) is 10.6. The molecule has 6 nitrogen and oxygen atoms in total. The molecule has 0 bridgehead atoms. The van der Waals surface area contributed by atoms with E-state index in [9.17, 15) is 0 Å². The van der Waals surface area contributed by atoms with Gasteiger partial charge in [0, 0.05) is 45.3 Å². The van der Waals surface area contributed by atoms with E-state index in [-0.39, 0.29) is 12.1 Å². The van der Waals surface area contributed by atoms with Crippen LogP contribution in [0.5, 0.6) is 0 Å². The Balaban J connectivity index is 0.778. The van der Waals surface area contributed by atoms with Crippen molar-refractivity contribution in [3.63, 3.8) is 0 Å². The molecule has 1 aromatic heterocycles. The molecule has 2 heterocycles. The highest BCUT2D eigenvalue weighted by Gasteiger charge is 2.31. The van der Waals surface area contributed by atoms with Gasteiger partial charge in [0.15, 0.2) is 5.58 Å². The van der Waals surface area contributed by atoms with Crippen molar-refractivity contribution in [1.82, 2.24) is 4.98 Å². The number of benzene rings is 9. The number of anilines is 6. The molecule has 2 aliphatic rings. The molecular weight excluding hydrogens is 833 g/mol. The van der Waals surface area contributed by atoms with Crippen molar-refractivity contribution < 1.29 is 9.15 Å². The number of oxazole rings is 1. The minimum atomic E-state index is -0.121. The number of ether oxygens (including phenoxy) is 1. The van der Waals surface area contributed by atoms with Gasteiger partial charge in [-0.15, -0.1) is 0 Å². The van der Waals surface area contributed by atoms with Gasteiger partial charge < -0.3 is 19.0 Å². The van der Waals surface area contributed by atoms with Crippen LogP contribution in [0.15, 0.2) is 264 Å². The quantitative estimate of drug-likeness (QED) is 0.130. The smallest absolute Gasteiger partial charge is 0.227 e. The Morgan fingerprint density at radius 3 is 1.34 bits per heavy atom. The predicted molar refractivity (Wildman–Crippen MR) is 278 cm³/mol. The van der Waals surface area contributed by atoms with E-state index < -0.39 is 0 Å². The molecule has 0 fully saturated rings. The van der Waals surface area contributed by atoms with Gasteiger partial charge in [-0.25, -0.2) is 9.98 Å². The first-order valence-corrected chi connectivity index (χ1v) is 22.9. The van der Waals surface area contributed by atoms with Crippen LogP contribution < -0.4 is 9.80 Å². The molecule has 1 aliphatic carbocycles. The standard InChI is InChI=1S/C62H44N4O2/c1-5-13-43(14-6-1)49-30-40-59-58(41-49)64-62(67-59)48-27-37-56(38-28-48)66(52-19-11-4-12-20-52)54-33-23-46(24-34-54)45-21-31-53(32-22-45)65(51-17-9-3-10-18-51)55-35-25-47(26-36-55)61-63-57-39-29-50(42-60(57)68-61)44-15-7-2-8-16-44/h1-42,57,60H. The SMILES string of the molecule is C1=CC2N=C(c3ccc(N(c4ccccc4)c4ccc(-c5ccc(N(c6ccccc6)c6ccc(-c7nc8cc(-c9ccccc9)ccc8o7)cc6)cc5)cc4)cc3)OC2C=C1c1ccccc1. The average molecular weight is 877 g/mol. The maximum Gasteiger partial charge on any atom is 0.227 e. The second-order valence-corrected chi connectivity index (χ2v) is 17.0. The normalized spacial score (nSPS) is 15.0. The molecule has 1 aliphatic heterocycles. The van der Waals surface area contributed by atoms with E-state index in [1.807, 2.05) is 42.5 Å². The first kappa shape index (κ1) is 40.5. The van der Waals surface area contributed by atoms with Crippen LogP contribution in [0.2, 0.25) is 0 Å². The zero-order valence-electron chi connectivity index (χ0n) is 37.0. The molecule has 324 valence electrons. The summed E-state index contributed by atoms with van der Waals surface area (Å²) < 4.78 is 12.7. The molecule has 68 heavy (non-hydrogen) atoms. The van der Waals surface area contributed by atoms with E-state index in [1.54, 1.807) is 0 Å². The number of allylic oxidation sites excluding steroid dienone is 2. The molecule has 0 amide bonds. The fourth-order valence-corrected chi connectivity index (χ4v) is 9.15. The number of aromatic nitrogens is 1. The molecule has 9 aromatic carbocycles. The second kappa shape index (κ2) is 17.8. The number of hydrogen-bond donors (Lipinski definition) is 0. The maximum atomic E-state index is 6.44. The summed E-state index contributed by atoms with van der Waals surface area (Å²) in [4.78, 5) is 14.4. The van der Waals surface area contributed by atoms with Gasteiger partial charge in [0.05, 0.1) is 0 Å². The maximum absolute atomic E-state index is 6.44. The summed E-state index contributed by atoms with van der Waals surface area (Å²) in [6, 6.07) is 82.3. The van der Waals surface area contributed by atoms with Gasteiger partial charge in [0.25, 0.3) is 0 Å². The van der Waals surface area contributed by atoms with Crippen LogP contribution in [0.1, 0.15) is 11.1 Å². The third kappa shape index (κ3) is 8.05. The summed E-state index contributed by atoms with van der Waals surface area (Å²) in [6.45, 7) is 0. The number of nitrogens with zero attached hydrogens (tertiary/aromatic N) is 4. The molecule has 0 N–H and O–H groups in total. The summed E-state index contributed by atoms with van der Waals surface area (Å²) in [5, 5.41) is 0. The summed E-state index contributed by atoms with van der Waals surface area (Å²) in [5.74, 6) is 1.27. The number of hydrogen-bond acceptors (Lipinski definition) is 6. The van der Waals surface area contributed by atoms with Gasteiger partial charge in [-0.2, -0.15) is 0 Å². The predicted octanol–water partition coefficient (Wildman–Crippen LogP) is 15.9. The van der Waals surface area contributed by atoms with Crippen LogP contribution in [0.3, 0.4) is 0 Å². The van der Waals surface area contributed by atoms with E-state index in [0.29, 0.717) is 11.8 Å². The molecule has 2 atom stereocenters. The molecular formula is C62H44N4O2. The van der Waals surface area contributed by atoms with Crippen molar-refractivity contribution in [3.05, 3.63) is 266 Å². The van der Waals surface area contributed by atoms with E-state index >= 15 is 0 Å². The minimum Gasteiger partial charge on any atom is -0.467 e. The van der Waals surface area contributed by atoms with Gasteiger partial charge >= 0.3 is 0 Å². The molecule has 10 aromatic rings.